The van der Waals surface area contributed by atoms with Gasteiger partial charge < -0.3 is 0 Å². The van der Waals surface area contributed by atoms with Gasteiger partial charge in [-0.25, -0.2) is 9.37 Å². The van der Waals surface area contributed by atoms with Gasteiger partial charge in [0.25, 0.3) is 0 Å². The predicted octanol–water partition coefficient (Wildman–Crippen LogP) is 4.33. The molecule has 2 rings (SSSR count). The maximum atomic E-state index is 13.4. The van der Waals surface area contributed by atoms with Crippen LogP contribution < -0.4 is 0 Å². The van der Waals surface area contributed by atoms with Crippen molar-refractivity contribution in [3.63, 3.8) is 0 Å². The van der Waals surface area contributed by atoms with Crippen LogP contribution in [0, 0.1) is 11.8 Å². The molecule has 0 fully saturated rings. The third kappa shape index (κ3) is 2.15. The quantitative estimate of drug-likeness (QED) is 0.695. The summed E-state index contributed by atoms with van der Waals surface area (Å²) in [5.74, 6) is -1.59. The normalized spacial score (nSPS) is 10.5. The smallest absolute Gasteiger partial charge is 0.223 e. The van der Waals surface area contributed by atoms with E-state index in [2.05, 4.69) is 4.98 Å². The molecule has 16 heavy (non-hydrogen) atoms. The van der Waals surface area contributed by atoms with Gasteiger partial charge in [-0.3, -0.25) is 0 Å². The molecule has 1 nitrogen and oxygen atoms in total. The highest BCUT2D eigenvalue weighted by Gasteiger charge is 2.13. The molecule has 1 aromatic carbocycles. The van der Waals surface area contributed by atoms with E-state index >= 15 is 0 Å². The van der Waals surface area contributed by atoms with Crippen molar-refractivity contribution in [2.75, 3.05) is 0 Å². The van der Waals surface area contributed by atoms with Crippen molar-refractivity contribution >= 4 is 23.2 Å². The van der Waals surface area contributed by atoms with Gasteiger partial charge in [0.15, 0.2) is 0 Å². The number of pyridine rings is 1. The molecule has 0 N–H and O–H groups in total. The van der Waals surface area contributed by atoms with Crippen LogP contribution in [-0.2, 0) is 0 Å². The van der Waals surface area contributed by atoms with E-state index in [1.807, 2.05) is 0 Å². The Labute approximate surface area is 101 Å². The van der Waals surface area contributed by atoms with Gasteiger partial charge in [0.05, 0.1) is 5.56 Å². The number of aromatic nitrogens is 1. The lowest BCUT2D eigenvalue weighted by Gasteiger charge is -2.05. The number of rotatable bonds is 1. The minimum Gasteiger partial charge on any atom is -0.228 e. The van der Waals surface area contributed by atoms with Crippen LogP contribution >= 0.6 is 23.2 Å². The van der Waals surface area contributed by atoms with Gasteiger partial charge in [-0.2, -0.15) is 4.39 Å². The zero-order chi connectivity index (χ0) is 11.7. The van der Waals surface area contributed by atoms with E-state index in [0.717, 1.165) is 12.3 Å². The molecular weight excluding hydrogens is 255 g/mol. The third-order valence-electron chi connectivity index (χ3n) is 2.01. The van der Waals surface area contributed by atoms with Gasteiger partial charge >= 0.3 is 0 Å². The lowest BCUT2D eigenvalue weighted by atomic mass is 10.1. The van der Waals surface area contributed by atoms with Crippen LogP contribution in [0.2, 0.25) is 10.0 Å². The van der Waals surface area contributed by atoms with Crippen LogP contribution in [0.1, 0.15) is 0 Å². The van der Waals surface area contributed by atoms with Crippen LogP contribution in [0.4, 0.5) is 8.78 Å². The molecule has 2 aromatic rings. The van der Waals surface area contributed by atoms with E-state index < -0.39 is 11.8 Å². The second kappa shape index (κ2) is 4.36. The van der Waals surface area contributed by atoms with Gasteiger partial charge in [-0.15, -0.1) is 0 Å². The second-order valence-corrected chi connectivity index (χ2v) is 3.99. The van der Waals surface area contributed by atoms with E-state index in [-0.39, 0.29) is 11.1 Å². The van der Waals surface area contributed by atoms with Gasteiger partial charge in [-0.1, -0.05) is 23.2 Å². The Morgan fingerprint density at radius 2 is 1.62 bits per heavy atom. The molecule has 0 aliphatic heterocycles. The van der Waals surface area contributed by atoms with E-state index in [4.69, 9.17) is 23.2 Å². The van der Waals surface area contributed by atoms with Crippen molar-refractivity contribution < 1.29 is 8.78 Å². The summed E-state index contributed by atoms with van der Waals surface area (Å²) in [7, 11) is 0. The SMILES string of the molecule is Fc1ccnc(F)c1-c1cc(Cl)cc(Cl)c1. The average Bonchev–Trinajstić information content (AvgIpc) is 2.15. The van der Waals surface area contributed by atoms with Gasteiger partial charge in [-0.05, 0) is 29.8 Å². The Morgan fingerprint density at radius 1 is 1.00 bits per heavy atom. The Kier molecular flexibility index (Phi) is 3.08. The maximum Gasteiger partial charge on any atom is 0.223 e. The number of nitrogens with zero attached hydrogens (tertiary/aromatic N) is 1. The number of hydrogen-bond donors (Lipinski definition) is 0. The standard InChI is InChI=1S/C11H5Cl2F2N/c12-7-3-6(4-8(13)5-7)10-9(14)1-2-16-11(10)15/h1-5H. The zero-order valence-electron chi connectivity index (χ0n) is 7.85. The van der Waals surface area contributed by atoms with E-state index in [9.17, 15) is 8.78 Å². The highest BCUT2D eigenvalue weighted by atomic mass is 35.5. The lowest BCUT2D eigenvalue weighted by molar-refractivity contribution is 0.558. The first-order chi connectivity index (χ1) is 7.58. The van der Waals surface area contributed by atoms with Crippen LogP contribution in [0.5, 0.6) is 0 Å². The summed E-state index contributed by atoms with van der Waals surface area (Å²) >= 11 is 11.5. The van der Waals surface area contributed by atoms with Crippen molar-refractivity contribution in [3.8, 4) is 11.1 Å². The molecule has 82 valence electrons. The summed E-state index contributed by atoms with van der Waals surface area (Å²) in [4.78, 5) is 3.38. The van der Waals surface area contributed by atoms with Crippen molar-refractivity contribution in [1.82, 2.24) is 4.98 Å². The lowest BCUT2D eigenvalue weighted by Crippen LogP contribution is -1.93. The molecule has 0 unspecified atom stereocenters. The van der Waals surface area contributed by atoms with E-state index in [1.54, 1.807) is 0 Å². The largest absolute Gasteiger partial charge is 0.228 e. The molecule has 0 aliphatic rings. The fourth-order valence-corrected chi connectivity index (χ4v) is 1.90. The molecule has 0 aliphatic carbocycles. The van der Waals surface area contributed by atoms with Crippen molar-refractivity contribution in [2.24, 2.45) is 0 Å². The Bertz CT molecular complexity index is 503. The molecule has 0 bridgehead atoms. The Balaban J connectivity index is 2.67. The first-order valence-electron chi connectivity index (χ1n) is 4.34. The fourth-order valence-electron chi connectivity index (χ4n) is 1.37. The second-order valence-electron chi connectivity index (χ2n) is 3.12. The first-order valence-corrected chi connectivity index (χ1v) is 5.10. The molecule has 0 amide bonds. The van der Waals surface area contributed by atoms with Crippen LogP contribution in [0.3, 0.4) is 0 Å². The number of benzene rings is 1. The zero-order valence-corrected chi connectivity index (χ0v) is 9.36. The van der Waals surface area contributed by atoms with Gasteiger partial charge in [0.1, 0.15) is 5.82 Å². The Morgan fingerprint density at radius 3 is 2.19 bits per heavy atom. The predicted molar refractivity (Wildman–Crippen MR) is 59.6 cm³/mol. The van der Waals surface area contributed by atoms with Gasteiger partial charge in [0.2, 0.25) is 5.95 Å². The molecular formula is C11H5Cl2F2N. The topological polar surface area (TPSA) is 12.9 Å². The maximum absolute atomic E-state index is 13.4. The molecule has 0 atom stereocenters. The molecule has 0 spiro atoms. The molecule has 0 saturated carbocycles. The van der Waals surface area contributed by atoms with Crippen LogP contribution in [-0.4, -0.2) is 4.98 Å². The third-order valence-corrected chi connectivity index (χ3v) is 2.44. The van der Waals surface area contributed by atoms with Crippen LogP contribution in [0.25, 0.3) is 11.1 Å². The summed E-state index contributed by atoms with van der Waals surface area (Å²) in [6.07, 6.45) is 1.06. The molecule has 0 saturated heterocycles. The van der Waals surface area contributed by atoms with Crippen LogP contribution in [0.15, 0.2) is 30.5 Å². The monoisotopic (exact) mass is 259 g/mol. The highest BCUT2D eigenvalue weighted by molar-refractivity contribution is 6.35. The fraction of sp³-hybridized carbons (Fsp3) is 0. The minimum absolute atomic E-state index is 0.230. The molecule has 0 radical (unpaired) electrons. The number of halogens is 4. The summed E-state index contributed by atoms with van der Waals surface area (Å²) < 4.78 is 26.8. The minimum atomic E-state index is -0.890. The van der Waals surface area contributed by atoms with Crippen molar-refractivity contribution in [2.45, 2.75) is 0 Å². The van der Waals surface area contributed by atoms with Crippen molar-refractivity contribution in [3.05, 3.63) is 52.3 Å². The molecule has 1 heterocycles. The van der Waals surface area contributed by atoms with E-state index in [1.165, 1.54) is 18.2 Å². The first kappa shape index (κ1) is 11.3. The molecule has 5 heteroatoms. The summed E-state index contributed by atoms with van der Waals surface area (Å²) in [6.45, 7) is 0. The van der Waals surface area contributed by atoms with Crippen molar-refractivity contribution in [1.29, 1.82) is 0 Å². The Hall–Kier alpha value is -1.19. The molecule has 1 aromatic heterocycles. The highest BCUT2D eigenvalue weighted by Crippen LogP contribution is 2.29. The van der Waals surface area contributed by atoms with E-state index in [0.29, 0.717) is 10.0 Å². The summed E-state index contributed by atoms with van der Waals surface area (Å²) in [5, 5.41) is 0.621. The summed E-state index contributed by atoms with van der Waals surface area (Å²) in [5.41, 5.74) is 0.0347. The van der Waals surface area contributed by atoms with Gasteiger partial charge in [0, 0.05) is 16.2 Å². The summed E-state index contributed by atoms with van der Waals surface area (Å²) in [6, 6.07) is 5.42. The average molecular weight is 260 g/mol. The number of hydrogen-bond acceptors (Lipinski definition) is 1.